The highest BCUT2D eigenvalue weighted by Crippen LogP contribution is 2.20. The molecule has 3 aromatic rings. The SMILES string of the molecule is C=CC(=O)OCCCC(C)CC.C=CC(=O)OCCCC(C)CCOc1ccc(C)cc1.CCOc1ccc(C(=O)Oc2ccc(OC(C)=O)cc2)cc1. The van der Waals surface area contributed by atoms with Crippen LogP contribution >= 0.6 is 0 Å². The minimum absolute atomic E-state index is 0.320. The number of carbonyl (C=O) groups excluding carboxylic acids is 4. The fourth-order valence-corrected chi connectivity index (χ4v) is 4.45. The average molecular weight is 747 g/mol. The largest absolute Gasteiger partial charge is 0.494 e. The van der Waals surface area contributed by atoms with Crippen LogP contribution in [0.15, 0.2) is 98.1 Å². The van der Waals surface area contributed by atoms with E-state index in [9.17, 15) is 19.2 Å². The molecule has 0 amide bonds. The van der Waals surface area contributed by atoms with Crippen molar-refractivity contribution in [3.05, 3.63) is 109 Å². The van der Waals surface area contributed by atoms with Gasteiger partial charge in [0.1, 0.15) is 23.0 Å². The third kappa shape index (κ3) is 22.5. The van der Waals surface area contributed by atoms with Crippen molar-refractivity contribution in [2.24, 2.45) is 11.8 Å². The summed E-state index contributed by atoms with van der Waals surface area (Å²) in [7, 11) is 0. The molecule has 0 aliphatic rings. The Morgan fingerprint density at radius 1 is 0.611 bits per heavy atom. The van der Waals surface area contributed by atoms with E-state index in [1.54, 1.807) is 48.5 Å². The number of carbonyl (C=O) groups is 4. The lowest BCUT2D eigenvalue weighted by atomic mass is 10.0. The zero-order chi connectivity index (χ0) is 40.1. The van der Waals surface area contributed by atoms with E-state index in [1.165, 1.54) is 31.1 Å². The molecule has 3 rings (SSSR count). The maximum Gasteiger partial charge on any atom is 0.343 e. The highest BCUT2D eigenvalue weighted by atomic mass is 16.5. The molecule has 3 aromatic carbocycles. The maximum atomic E-state index is 12.0. The van der Waals surface area contributed by atoms with E-state index in [0.29, 0.717) is 48.6 Å². The maximum absolute atomic E-state index is 12.0. The summed E-state index contributed by atoms with van der Waals surface area (Å²) in [6.45, 7) is 20.8. The molecule has 0 N–H and O–H groups in total. The Bertz CT molecular complexity index is 1530. The number of aryl methyl sites for hydroxylation is 1. The molecule has 0 aliphatic carbocycles. The number of hydrogen-bond acceptors (Lipinski definition) is 10. The molecule has 54 heavy (non-hydrogen) atoms. The molecule has 0 heterocycles. The fourth-order valence-electron chi connectivity index (χ4n) is 4.45. The van der Waals surface area contributed by atoms with Crippen LogP contribution in [0.2, 0.25) is 0 Å². The van der Waals surface area contributed by atoms with Gasteiger partial charge in [0.2, 0.25) is 0 Å². The third-order valence-electron chi connectivity index (χ3n) is 7.80. The van der Waals surface area contributed by atoms with Crippen molar-refractivity contribution in [1.29, 1.82) is 0 Å². The molecule has 0 aliphatic heterocycles. The van der Waals surface area contributed by atoms with Crippen LogP contribution in [-0.4, -0.2) is 50.3 Å². The van der Waals surface area contributed by atoms with Gasteiger partial charge in [0, 0.05) is 19.1 Å². The van der Waals surface area contributed by atoms with Gasteiger partial charge in [-0.3, -0.25) is 4.79 Å². The molecule has 0 saturated carbocycles. The standard InChI is InChI=1S/C17H16O5.C17H24O3.C10H18O2/c1-3-20-14-6-4-13(5-7-14)17(19)22-16-10-8-15(9-11-16)21-12(2)18;1-4-17(18)20-12-5-6-14(2)11-13-19-16-9-7-15(3)8-10-16;1-4-9(3)7-6-8-12-10(11)5-2/h4-11H,3H2,1-2H3;4,7-10,14H,1,5-6,11-13H2,2-3H3;5,9H,2,4,6-8H2,1,3H3. The number of esters is 4. The Morgan fingerprint density at radius 3 is 1.56 bits per heavy atom. The summed E-state index contributed by atoms with van der Waals surface area (Å²) in [4.78, 5) is 44.2. The smallest absolute Gasteiger partial charge is 0.343 e. The number of rotatable bonds is 20. The minimum Gasteiger partial charge on any atom is -0.494 e. The van der Waals surface area contributed by atoms with Gasteiger partial charge in [-0.05, 0) is 118 Å². The number of ether oxygens (including phenoxy) is 6. The lowest BCUT2D eigenvalue weighted by Crippen LogP contribution is -2.08. The Hall–Kier alpha value is -5.38. The summed E-state index contributed by atoms with van der Waals surface area (Å²) < 4.78 is 30.9. The molecule has 0 spiro atoms. The highest BCUT2D eigenvalue weighted by molar-refractivity contribution is 5.91. The molecule has 0 fully saturated rings. The van der Waals surface area contributed by atoms with Crippen molar-refractivity contribution in [3.63, 3.8) is 0 Å². The van der Waals surface area contributed by atoms with Crippen LogP contribution < -0.4 is 18.9 Å². The van der Waals surface area contributed by atoms with Crippen LogP contribution in [0.4, 0.5) is 0 Å². The number of hydrogen-bond donors (Lipinski definition) is 0. The van der Waals surface area contributed by atoms with E-state index in [0.717, 1.165) is 50.4 Å². The van der Waals surface area contributed by atoms with Crippen LogP contribution in [0.1, 0.15) is 89.1 Å². The summed E-state index contributed by atoms with van der Waals surface area (Å²) in [5.41, 5.74) is 1.66. The molecule has 0 radical (unpaired) electrons. The van der Waals surface area contributed by atoms with Gasteiger partial charge < -0.3 is 28.4 Å². The Kier molecular flexibility index (Phi) is 24.3. The second-order valence-electron chi connectivity index (χ2n) is 12.5. The van der Waals surface area contributed by atoms with E-state index in [2.05, 4.69) is 40.9 Å². The molecule has 294 valence electrons. The molecule has 10 nitrogen and oxygen atoms in total. The monoisotopic (exact) mass is 746 g/mol. The average Bonchev–Trinajstić information content (AvgIpc) is 3.17. The van der Waals surface area contributed by atoms with Crippen LogP contribution in [0.3, 0.4) is 0 Å². The zero-order valence-corrected chi connectivity index (χ0v) is 32.8. The van der Waals surface area contributed by atoms with E-state index in [4.69, 9.17) is 28.4 Å². The van der Waals surface area contributed by atoms with Gasteiger partial charge in [-0.25, -0.2) is 14.4 Å². The van der Waals surface area contributed by atoms with Crippen LogP contribution in [0.25, 0.3) is 0 Å². The van der Waals surface area contributed by atoms with Gasteiger partial charge in [0.15, 0.2) is 0 Å². The predicted octanol–water partition coefficient (Wildman–Crippen LogP) is 9.68. The van der Waals surface area contributed by atoms with Gasteiger partial charge in [0.25, 0.3) is 0 Å². The van der Waals surface area contributed by atoms with Crippen LogP contribution in [0.5, 0.6) is 23.0 Å². The van der Waals surface area contributed by atoms with Gasteiger partial charge >= 0.3 is 23.9 Å². The Balaban J connectivity index is 0.000000424. The van der Waals surface area contributed by atoms with E-state index < -0.39 is 11.9 Å². The first-order chi connectivity index (χ1) is 25.9. The zero-order valence-electron chi connectivity index (χ0n) is 32.8. The van der Waals surface area contributed by atoms with Gasteiger partial charge in [0.05, 0.1) is 32.0 Å². The lowest BCUT2D eigenvalue weighted by Gasteiger charge is -2.12. The van der Waals surface area contributed by atoms with Gasteiger partial charge in [-0.1, -0.05) is 58.0 Å². The van der Waals surface area contributed by atoms with Gasteiger partial charge in [-0.2, -0.15) is 0 Å². The minimum atomic E-state index is -0.469. The van der Waals surface area contributed by atoms with Crippen molar-refractivity contribution in [2.75, 3.05) is 26.4 Å². The second kappa shape index (κ2) is 28.2. The molecule has 2 unspecified atom stereocenters. The highest BCUT2D eigenvalue weighted by Gasteiger charge is 2.10. The number of benzene rings is 3. The molecule has 10 heteroatoms. The second-order valence-corrected chi connectivity index (χ2v) is 12.5. The fraction of sp³-hybridized carbons (Fsp3) is 0.409. The predicted molar refractivity (Wildman–Crippen MR) is 211 cm³/mol. The third-order valence-corrected chi connectivity index (χ3v) is 7.80. The first-order valence-electron chi connectivity index (χ1n) is 18.4. The summed E-state index contributed by atoms with van der Waals surface area (Å²) in [6.07, 6.45) is 8.57. The van der Waals surface area contributed by atoms with E-state index in [1.807, 2.05) is 31.2 Å². The Morgan fingerprint density at radius 2 is 1.07 bits per heavy atom. The van der Waals surface area contributed by atoms with Crippen LogP contribution in [-0.2, 0) is 23.9 Å². The molecule has 0 bridgehead atoms. The first-order valence-corrected chi connectivity index (χ1v) is 18.4. The van der Waals surface area contributed by atoms with Crippen molar-refractivity contribution in [2.45, 2.75) is 80.1 Å². The van der Waals surface area contributed by atoms with Crippen molar-refractivity contribution < 1.29 is 47.6 Å². The van der Waals surface area contributed by atoms with Crippen molar-refractivity contribution in [3.8, 4) is 23.0 Å². The van der Waals surface area contributed by atoms with E-state index in [-0.39, 0.29) is 11.9 Å². The van der Waals surface area contributed by atoms with Crippen LogP contribution in [0, 0.1) is 18.8 Å². The normalized spacial score (nSPS) is 11.1. The summed E-state index contributed by atoms with van der Waals surface area (Å²) >= 11 is 0. The first kappa shape index (κ1) is 46.6. The Labute approximate surface area is 321 Å². The molecule has 0 saturated heterocycles. The van der Waals surface area contributed by atoms with Crippen molar-refractivity contribution in [1.82, 2.24) is 0 Å². The van der Waals surface area contributed by atoms with Gasteiger partial charge in [-0.15, -0.1) is 0 Å². The molecular formula is C44H58O10. The summed E-state index contributed by atoms with van der Waals surface area (Å²) in [5.74, 6) is 2.13. The van der Waals surface area contributed by atoms with Crippen molar-refractivity contribution >= 4 is 23.9 Å². The van der Waals surface area contributed by atoms with E-state index >= 15 is 0 Å². The lowest BCUT2D eigenvalue weighted by molar-refractivity contribution is -0.138. The summed E-state index contributed by atoms with van der Waals surface area (Å²) in [6, 6.07) is 21.0. The molecule has 2 atom stereocenters. The molecule has 0 aromatic heterocycles. The summed E-state index contributed by atoms with van der Waals surface area (Å²) in [5, 5.41) is 0. The molecular weight excluding hydrogens is 688 g/mol. The quantitative estimate of drug-likeness (QED) is 0.0478. The topological polar surface area (TPSA) is 124 Å².